The van der Waals surface area contributed by atoms with E-state index in [1.807, 2.05) is 6.92 Å². The first-order valence-corrected chi connectivity index (χ1v) is 8.11. The summed E-state index contributed by atoms with van der Waals surface area (Å²) in [6.45, 7) is 1.27. The molecule has 2 aromatic carbocycles. The smallest absolute Gasteiger partial charge is 0.416 e. The van der Waals surface area contributed by atoms with Gasteiger partial charge in [0.15, 0.2) is 6.61 Å². The molecule has 4 nitrogen and oxygen atoms in total. The van der Waals surface area contributed by atoms with Crippen LogP contribution < -0.4 is 5.32 Å². The van der Waals surface area contributed by atoms with E-state index in [2.05, 4.69) is 5.32 Å². The Morgan fingerprint density at radius 3 is 2.59 bits per heavy atom. The van der Waals surface area contributed by atoms with Crippen molar-refractivity contribution in [1.29, 1.82) is 0 Å². The zero-order chi connectivity index (χ0) is 20.0. The number of halogens is 4. The van der Waals surface area contributed by atoms with Gasteiger partial charge in [0.25, 0.3) is 5.91 Å². The Bertz CT molecular complexity index is 879. The van der Waals surface area contributed by atoms with Crippen molar-refractivity contribution in [1.82, 2.24) is 0 Å². The Labute approximate surface area is 158 Å². The van der Waals surface area contributed by atoms with E-state index in [1.165, 1.54) is 18.2 Å². The second-order valence-corrected chi connectivity index (χ2v) is 5.98. The number of hydrogen-bond donors (Lipinski definition) is 1. The van der Waals surface area contributed by atoms with Crippen LogP contribution >= 0.6 is 11.6 Å². The van der Waals surface area contributed by atoms with Crippen LogP contribution in [0.3, 0.4) is 0 Å². The first-order chi connectivity index (χ1) is 12.6. The summed E-state index contributed by atoms with van der Waals surface area (Å²) >= 11 is 5.95. The van der Waals surface area contributed by atoms with Crippen LogP contribution in [0.4, 0.5) is 18.9 Å². The minimum absolute atomic E-state index is 0.181. The van der Waals surface area contributed by atoms with Crippen molar-refractivity contribution in [2.45, 2.75) is 13.1 Å². The lowest BCUT2D eigenvalue weighted by Crippen LogP contribution is -2.20. The van der Waals surface area contributed by atoms with Crippen LogP contribution in [-0.2, 0) is 20.5 Å². The molecule has 1 amide bonds. The SMILES string of the molecule is Cc1ccc(NC(=O)COC(=O)/C=C/c2cccc(C(F)(F)F)c2)cc1Cl. The number of esters is 1. The Balaban J connectivity index is 1.87. The van der Waals surface area contributed by atoms with Crippen LogP contribution in [0.5, 0.6) is 0 Å². The second kappa shape index (κ2) is 8.73. The predicted octanol–water partition coefficient (Wildman–Crippen LogP) is 4.86. The molecule has 2 aromatic rings. The van der Waals surface area contributed by atoms with E-state index in [1.54, 1.807) is 18.2 Å². The van der Waals surface area contributed by atoms with E-state index in [0.717, 1.165) is 23.8 Å². The molecule has 0 aromatic heterocycles. The van der Waals surface area contributed by atoms with Crippen LogP contribution in [0.25, 0.3) is 6.08 Å². The van der Waals surface area contributed by atoms with Gasteiger partial charge < -0.3 is 10.1 Å². The summed E-state index contributed by atoms with van der Waals surface area (Å²) in [5.74, 6) is -1.43. The number of carbonyl (C=O) groups excluding carboxylic acids is 2. The Morgan fingerprint density at radius 2 is 1.93 bits per heavy atom. The standard InChI is InChI=1S/C19H15ClF3NO3/c1-12-5-7-15(10-16(12)20)24-17(25)11-27-18(26)8-6-13-3-2-4-14(9-13)19(21,22)23/h2-10H,11H2,1H3,(H,24,25)/b8-6+. The van der Waals surface area contributed by atoms with Gasteiger partial charge >= 0.3 is 12.1 Å². The van der Waals surface area contributed by atoms with Crippen LogP contribution in [0, 0.1) is 6.92 Å². The molecule has 0 aliphatic rings. The van der Waals surface area contributed by atoms with Crippen molar-refractivity contribution in [3.05, 3.63) is 70.3 Å². The molecular weight excluding hydrogens is 383 g/mol. The first kappa shape index (κ1) is 20.5. The molecule has 0 spiro atoms. The van der Waals surface area contributed by atoms with Crippen LogP contribution in [0.2, 0.25) is 5.02 Å². The van der Waals surface area contributed by atoms with Gasteiger partial charge in [0, 0.05) is 16.8 Å². The molecule has 0 fully saturated rings. The average Bonchev–Trinajstić information content (AvgIpc) is 2.61. The van der Waals surface area contributed by atoms with Crippen LogP contribution in [0.15, 0.2) is 48.5 Å². The molecule has 0 heterocycles. The van der Waals surface area contributed by atoms with Crippen LogP contribution in [-0.4, -0.2) is 18.5 Å². The highest BCUT2D eigenvalue weighted by Crippen LogP contribution is 2.29. The quantitative estimate of drug-likeness (QED) is 0.579. The fraction of sp³-hybridized carbons (Fsp3) is 0.158. The maximum Gasteiger partial charge on any atom is 0.416 e. The highest BCUT2D eigenvalue weighted by Gasteiger charge is 2.30. The monoisotopic (exact) mass is 397 g/mol. The van der Waals surface area contributed by atoms with Crippen molar-refractivity contribution < 1.29 is 27.5 Å². The molecular formula is C19H15ClF3NO3. The first-order valence-electron chi connectivity index (χ1n) is 7.73. The minimum Gasteiger partial charge on any atom is -0.452 e. The van der Waals surface area contributed by atoms with Gasteiger partial charge in [-0.05, 0) is 48.4 Å². The van der Waals surface area contributed by atoms with E-state index in [4.69, 9.17) is 16.3 Å². The van der Waals surface area contributed by atoms with Gasteiger partial charge in [-0.1, -0.05) is 29.8 Å². The van der Waals surface area contributed by atoms with Crippen LogP contribution in [0.1, 0.15) is 16.7 Å². The number of hydrogen-bond acceptors (Lipinski definition) is 3. The van der Waals surface area contributed by atoms with E-state index in [-0.39, 0.29) is 5.56 Å². The zero-order valence-corrected chi connectivity index (χ0v) is 14.9. The third kappa shape index (κ3) is 6.45. The molecule has 0 unspecified atom stereocenters. The average molecular weight is 398 g/mol. The second-order valence-electron chi connectivity index (χ2n) is 5.58. The van der Waals surface area contributed by atoms with Crippen molar-refractivity contribution in [3.63, 3.8) is 0 Å². The summed E-state index contributed by atoms with van der Waals surface area (Å²) < 4.78 is 42.7. The molecule has 0 saturated heterocycles. The molecule has 1 N–H and O–H groups in total. The lowest BCUT2D eigenvalue weighted by atomic mass is 10.1. The minimum atomic E-state index is -4.47. The molecule has 0 atom stereocenters. The molecule has 0 aliphatic carbocycles. The number of ether oxygens (including phenoxy) is 1. The molecule has 27 heavy (non-hydrogen) atoms. The fourth-order valence-corrected chi connectivity index (χ4v) is 2.22. The molecule has 0 aliphatic heterocycles. The van der Waals surface area contributed by atoms with Crippen molar-refractivity contribution in [3.8, 4) is 0 Å². The lowest BCUT2D eigenvalue weighted by Gasteiger charge is -2.07. The van der Waals surface area contributed by atoms with E-state index < -0.39 is 30.2 Å². The van der Waals surface area contributed by atoms with Gasteiger partial charge in [0.2, 0.25) is 0 Å². The fourth-order valence-electron chi connectivity index (χ4n) is 2.04. The molecule has 2 rings (SSSR count). The van der Waals surface area contributed by atoms with E-state index >= 15 is 0 Å². The molecule has 0 saturated carbocycles. The zero-order valence-electron chi connectivity index (χ0n) is 14.1. The van der Waals surface area contributed by atoms with Gasteiger partial charge in [-0.3, -0.25) is 4.79 Å². The maximum absolute atomic E-state index is 12.6. The van der Waals surface area contributed by atoms with Gasteiger partial charge in [0.05, 0.1) is 5.56 Å². The molecule has 8 heteroatoms. The Kier molecular flexibility index (Phi) is 6.63. The number of rotatable bonds is 5. The predicted molar refractivity (Wildman–Crippen MR) is 96.3 cm³/mol. The largest absolute Gasteiger partial charge is 0.452 e. The number of anilines is 1. The molecule has 0 bridgehead atoms. The number of nitrogens with one attached hydrogen (secondary N) is 1. The van der Waals surface area contributed by atoms with Gasteiger partial charge in [-0.25, -0.2) is 4.79 Å². The highest BCUT2D eigenvalue weighted by atomic mass is 35.5. The maximum atomic E-state index is 12.6. The molecule has 0 radical (unpaired) electrons. The third-order valence-corrected chi connectivity index (χ3v) is 3.83. The summed E-state index contributed by atoms with van der Waals surface area (Å²) in [5.41, 5.74) is 0.654. The van der Waals surface area contributed by atoms with Crippen molar-refractivity contribution >= 4 is 35.2 Å². The normalized spacial score (nSPS) is 11.4. The van der Waals surface area contributed by atoms with Gasteiger partial charge in [-0.2, -0.15) is 13.2 Å². The number of carbonyl (C=O) groups is 2. The van der Waals surface area contributed by atoms with Crippen molar-refractivity contribution in [2.75, 3.05) is 11.9 Å². The van der Waals surface area contributed by atoms with E-state index in [0.29, 0.717) is 10.7 Å². The third-order valence-electron chi connectivity index (χ3n) is 3.43. The Hall–Kier alpha value is -2.80. The van der Waals surface area contributed by atoms with Crippen molar-refractivity contribution in [2.24, 2.45) is 0 Å². The number of amides is 1. The summed E-state index contributed by atoms with van der Waals surface area (Å²) in [5, 5.41) is 2.99. The van der Waals surface area contributed by atoms with Gasteiger partial charge in [0.1, 0.15) is 0 Å². The lowest BCUT2D eigenvalue weighted by molar-refractivity contribution is -0.142. The summed E-state index contributed by atoms with van der Waals surface area (Å²) in [6, 6.07) is 9.40. The van der Waals surface area contributed by atoms with Gasteiger partial charge in [-0.15, -0.1) is 0 Å². The topological polar surface area (TPSA) is 55.4 Å². The summed E-state index contributed by atoms with van der Waals surface area (Å²) in [7, 11) is 0. The number of alkyl halides is 3. The highest BCUT2D eigenvalue weighted by molar-refractivity contribution is 6.31. The number of benzene rings is 2. The summed E-state index contributed by atoms with van der Waals surface area (Å²) in [6.07, 6.45) is -2.35. The number of aryl methyl sites for hydroxylation is 1. The molecule has 142 valence electrons. The van der Waals surface area contributed by atoms with E-state index in [9.17, 15) is 22.8 Å². The summed E-state index contributed by atoms with van der Waals surface area (Å²) in [4.78, 5) is 23.4. The Morgan fingerprint density at radius 1 is 1.19 bits per heavy atom.